The van der Waals surface area contributed by atoms with E-state index in [1.807, 2.05) is 5.01 Å². The van der Waals surface area contributed by atoms with Gasteiger partial charge in [0.15, 0.2) is 11.6 Å². The zero-order chi connectivity index (χ0) is 29.7. The molecular weight excluding hydrogens is 550 g/mol. The molecule has 4 aromatic rings. The lowest BCUT2D eigenvalue weighted by molar-refractivity contribution is 0.108. The summed E-state index contributed by atoms with van der Waals surface area (Å²) < 4.78 is 37.7. The van der Waals surface area contributed by atoms with Crippen molar-refractivity contribution in [3.8, 4) is 35.4 Å². The van der Waals surface area contributed by atoms with Crippen LogP contribution in [0.5, 0.6) is 11.8 Å². The highest BCUT2D eigenvalue weighted by Crippen LogP contribution is 2.42. The highest BCUT2D eigenvalue weighted by atomic mass is 19.1. The van der Waals surface area contributed by atoms with Gasteiger partial charge in [0.05, 0.1) is 16.5 Å². The number of aromatic hydroxyl groups is 1. The number of rotatable bonds is 5. The molecule has 3 aliphatic rings. The molecule has 0 bridgehead atoms. The van der Waals surface area contributed by atoms with Crippen LogP contribution in [-0.4, -0.2) is 63.3 Å². The standard InChI is InChI=1S/C33H32F2N6O2/c1-3-23-26(34)9-8-21-14-22(42)15-24(27(21)23)29-28(35)30-25(17-36-29)31(41-13-6-4-5-11-37-41)39-32(38-30)43-19-33-10-7-12-40(33)18-20(2)16-33/h1,8-9,14-15,17,37,42H,2,4-7,10-13,16,18-19H2. The van der Waals surface area contributed by atoms with Crippen molar-refractivity contribution >= 4 is 27.5 Å². The fourth-order valence-corrected chi connectivity index (χ4v) is 6.92. The number of fused-ring (bicyclic) bond motifs is 3. The smallest absolute Gasteiger partial charge is 0.319 e. The summed E-state index contributed by atoms with van der Waals surface area (Å²) in [4.78, 5) is 16.2. The molecule has 43 heavy (non-hydrogen) atoms. The molecule has 220 valence electrons. The second-order valence-corrected chi connectivity index (χ2v) is 11.8. The molecule has 0 amide bonds. The number of nitrogens with one attached hydrogen (secondary N) is 1. The molecule has 0 aliphatic carbocycles. The van der Waals surface area contributed by atoms with Gasteiger partial charge in [0.1, 0.15) is 29.4 Å². The van der Waals surface area contributed by atoms with Gasteiger partial charge in [-0.15, -0.1) is 6.42 Å². The van der Waals surface area contributed by atoms with E-state index in [9.17, 15) is 9.50 Å². The van der Waals surface area contributed by atoms with Crippen LogP contribution in [0.3, 0.4) is 0 Å². The maximum Gasteiger partial charge on any atom is 0.319 e. The number of nitrogens with zero attached hydrogens (tertiary/aromatic N) is 5. The number of phenols is 1. The van der Waals surface area contributed by atoms with E-state index in [0.29, 0.717) is 29.7 Å². The van der Waals surface area contributed by atoms with Crippen molar-refractivity contribution in [2.24, 2.45) is 0 Å². The summed E-state index contributed by atoms with van der Waals surface area (Å²) in [6.45, 7) is 7.85. The summed E-state index contributed by atoms with van der Waals surface area (Å²) in [5.74, 6) is 1.37. The van der Waals surface area contributed by atoms with Crippen LogP contribution in [0, 0.1) is 24.0 Å². The maximum absolute atomic E-state index is 16.7. The Bertz CT molecular complexity index is 1810. The molecule has 1 atom stereocenters. The number of halogens is 2. The first-order valence-corrected chi connectivity index (χ1v) is 14.7. The predicted octanol–water partition coefficient (Wildman–Crippen LogP) is 5.48. The Kier molecular flexibility index (Phi) is 6.87. The maximum atomic E-state index is 16.7. The fraction of sp³-hybridized carbons (Fsp3) is 0.364. The number of hydrogen-bond donors (Lipinski definition) is 2. The zero-order valence-corrected chi connectivity index (χ0v) is 23.8. The van der Waals surface area contributed by atoms with Gasteiger partial charge in [-0.2, -0.15) is 9.97 Å². The number of pyridine rings is 1. The van der Waals surface area contributed by atoms with E-state index in [1.165, 1.54) is 36.0 Å². The van der Waals surface area contributed by atoms with Crippen molar-refractivity contribution in [2.75, 3.05) is 37.8 Å². The molecule has 8 nitrogen and oxygen atoms in total. The average Bonchev–Trinajstić information content (AvgIpc) is 3.37. The van der Waals surface area contributed by atoms with E-state index in [4.69, 9.17) is 16.1 Å². The highest BCUT2D eigenvalue weighted by molar-refractivity contribution is 6.03. The van der Waals surface area contributed by atoms with Crippen LogP contribution in [0.25, 0.3) is 32.9 Å². The van der Waals surface area contributed by atoms with Crippen molar-refractivity contribution in [2.45, 2.75) is 44.1 Å². The van der Waals surface area contributed by atoms with Crippen LogP contribution in [-0.2, 0) is 0 Å². The first-order chi connectivity index (χ1) is 20.9. The summed E-state index contributed by atoms with van der Waals surface area (Å²) in [7, 11) is 0. The minimum Gasteiger partial charge on any atom is -0.508 e. The third-order valence-electron chi connectivity index (χ3n) is 8.92. The summed E-state index contributed by atoms with van der Waals surface area (Å²) >= 11 is 0. The topological polar surface area (TPSA) is 86.6 Å². The van der Waals surface area contributed by atoms with Gasteiger partial charge in [0.2, 0.25) is 0 Å². The number of ether oxygens (including phenoxy) is 1. The van der Waals surface area contributed by atoms with E-state index in [0.717, 1.165) is 58.2 Å². The lowest BCUT2D eigenvalue weighted by Gasteiger charge is -2.31. The van der Waals surface area contributed by atoms with Crippen LogP contribution in [0.1, 0.15) is 44.1 Å². The first-order valence-electron chi connectivity index (χ1n) is 14.7. The van der Waals surface area contributed by atoms with Gasteiger partial charge in [-0.1, -0.05) is 30.6 Å². The van der Waals surface area contributed by atoms with E-state index in [-0.39, 0.29) is 45.0 Å². The second kappa shape index (κ2) is 10.7. The van der Waals surface area contributed by atoms with Gasteiger partial charge in [-0.05, 0) is 62.2 Å². The molecule has 2 aromatic carbocycles. The largest absolute Gasteiger partial charge is 0.508 e. The van der Waals surface area contributed by atoms with Crippen LogP contribution >= 0.6 is 0 Å². The fourth-order valence-electron chi connectivity index (χ4n) is 6.92. The number of benzene rings is 2. The minimum atomic E-state index is -0.741. The van der Waals surface area contributed by atoms with Crippen molar-refractivity contribution in [1.82, 2.24) is 25.3 Å². The van der Waals surface area contributed by atoms with Crippen LogP contribution in [0.4, 0.5) is 14.6 Å². The van der Waals surface area contributed by atoms with Crippen molar-refractivity contribution in [3.05, 3.63) is 59.8 Å². The summed E-state index contributed by atoms with van der Waals surface area (Å²) in [5.41, 5.74) is 4.46. The minimum absolute atomic E-state index is 0.0165. The Hall–Kier alpha value is -4.33. The van der Waals surface area contributed by atoms with Crippen LogP contribution in [0.15, 0.2) is 42.6 Å². The molecule has 10 heteroatoms. The second-order valence-electron chi connectivity index (χ2n) is 11.8. The van der Waals surface area contributed by atoms with Crippen molar-refractivity contribution < 1.29 is 18.6 Å². The SMILES string of the molecule is C#Cc1c(F)ccc2cc(O)cc(-c3ncc4c(N5CCCCCN5)nc(OCC56CCCN5CC(=C)C6)nc4c3F)c12. The number of terminal acetylenes is 1. The van der Waals surface area contributed by atoms with Gasteiger partial charge in [0.25, 0.3) is 0 Å². The van der Waals surface area contributed by atoms with Crippen molar-refractivity contribution in [3.63, 3.8) is 0 Å². The van der Waals surface area contributed by atoms with Crippen molar-refractivity contribution in [1.29, 1.82) is 0 Å². The molecular formula is C33H32F2N6O2. The Morgan fingerprint density at radius 2 is 2.02 bits per heavy atom. The molecule has 3 aliphatic heterocycles. The molecule has 3 saturated heterocycles. The van der Waals surface area contributed by atoms with Gasteiger partial charge < -0.3 is 9.84 Å². The Labute approximate surface area is 248 Å². The number of hydrogen-bond acceptors (Lipinski definition) is 8. The molecule has 2 aromatic heterocycles. The molecule has 5 heterocycles. The van der Waals surface area contributed by atoms with Crippen LogP contribution in [0.2, 0.25) is 0 Å². The predicted molar refractivity (Wildman–Crippen MR) is 162 cm³/mol. The summed E-state index contributed by atoms with van der Waals surface area (Å²) in [5, 5.41) is 13.6. The first kappa shape index (κ1) is 27.5. The average molecular weight is 583 g/mol. The quantitative estimate of drug-likeness (QED) is 0.237. The summed E-state index contributed by atoms with van der Waals surface area (Å²) in [6, 6.07) is 5.59. The third-order valence-corrected chi connectivity index (χ3v) is 8.92. The monoisotopic (exact) mass is 582 g/mol. The van der Waals surface area contributed by atoms with Gasteiger partial charge in [-0.25, -0.2) is 14.2 Å². The van der Waals surface area contributed by atoms with E-state index in [2.05, 4.69) is 32.8 Å². The van der Waals surface area contributed by atoms with E-state index in [1.54, 1.807) is 0 Å². The van der Waals surface area contributed by atoms with E-state index < -0.39 is 11.6 Å². The number of phenolic OH excluding ortho intramolecular Hbond substituents is 1. The van der Waals surface area contributed by atoms with Gasteiger partial charge in [0, 0.05) is 36.8 Å². The molecule has 2 N–H and O–H groups in total. The third kappa shape index (κ3) is 4.73. The lowest BCUT2D eigenvalue weighted by atomic mass is 9.94. The molecule has 3 fully saturated rings. The molecule has 0 radical (unpaired) electrons. The number of aromatic nitrogens is 3. The molecule has 7 rings (SSSR count). The number of anilines is 1. The van der Waals surface area contributed by atoms with Crippen LogP contribution < -0.4 is 15.2 Å². The Morgan fingerprint density at radius 3 is 2.88 bits per heavy atom. The zero-order valence-electron chi connectivity index (χ0n) is 23.8. The number of hydrazine groups is 1. The Morgan fingerprint density at radius 1 is 1.14 bits per heavy atom. The molecule has 0 spiro atoms. The normalized spacial score (nSPS) is 20.9. The van der Waals surface area contributed by atoms with E-state index >= 15 is 4.39 Å². The van der Waals surface area contributed by atoms with Gasteiger partial charge in [-0.3, -0.25) is 14.9 Å². The highest BCUT2D eigenvalue weighted by Gasteiger charge is 2.46. The Balaban J connectivity index is 1.38. The molecule has 0 saturated carbocycles. The molecule has 1 unspecified atom stereocenters. The van der Waals surface area contributed by atoms with Gasteiger partial charge >= 0.3 is 6.01 Å². The lowest BCUT2D eigenvalue weighted by Crippen LogP contribution is -2.43. The summed E-state index contributed by atoms with van der Waals surface area (Å²) in [6.07, 6.45) is 13.1.